The lowest BCUT2D eigenvalue weighted by Gasteiger charge is -2.16. The summed E-state index contributed by atoms with van der Waals surface area (Å²) in [7, 11) is 1.71. The third-order valence-electron chi connectivity index (χ3n) is 4.29. The van der Waals surface area contributed by atoms with Gasteiger partial charge in [0.15, 0.2) is 0 Å². The van der Waals surface area contributed by atoms with Crippen LogP contribution in [-0.4, -0.2) is 48.6 Å². The summed E-state index contributed by atoms with van der Waals surface area (Å²) in [5.74, 6) is 0.529. The highest BCUT2D eigenvalue weighted by molar-refractivity contribution is 5.80. The van der Waals surface area contributed by atoms with E-state index in [0.717, 1.165) is 32.5 Å². The average Bonchev–Trinajstić information content (AvgIpc) is 3.21. The normalized spacial score (nSPS) is 26.0. The Kier molecular flexibility index (Phi) is 4.51. The number of likely N-dealkylation sites (tertiary alicyclic amines) is 1. The lowest BCUT2D eigenvalue weighted by Crippen LogP contribution is -2.37. The molecule has 1 aromatic rings. The van der Waals surface area contributed by atoms with Crippen LogP contribution in [0.15, 0.2) is 24.5 Å². The van der Waals surface area contributed by atoms with Crippen LogP contribution in [0, 0.1) is 11.8 Å². The number of nitrogens with one attached hydrogen (secondary N) is 1. The SMILES string of the molecule is COC[C@@H]1CN(Cc2cccnc2)C[C@H]1C(=O)NC1CC1. The first-order valence-electron chi connectivity index (χ1n) is 7.67. The van der Waals surface area contributed by atoms with Crippen LogP contribution in [0.4, 0.5) is 0 Å². The van der Waals surface area contributed by atoms with E-state index in [0.29, 0.717) is 12.6 Å². The van der Waals surface area contributed by atoms with E-state index in [9.17, 15) is 4.79 Å². The van der Waals surface area contributed by atoms with Crippen LogP contribution in [0.3, 0.4) is 0 Å². The molecular weight excluding hydrogens is 266 g/mol. The molecule has 1 N–H and O–H groups in total. The first-order chi connectivity index (χ1) is 10.3. The second-order valence-corrected chi connectivity index (χ2v) is 6.16. The van der Waals surface area contributed by atoms with Gasteiger partial charge in [0.1, 0.15) is 0 Å². The number of ether oxygens (including phenoxy) is 1. The molecule has 1 aliphatic heterocycles. The minimum Gasteiger partial charge on any atom is -0.384 e. The van der Waals surface area contributed by atoms with Gasteiger partial charge < -0.3 is 10.1 Å². The number of carbonyl (C=O) groups is 1. The molecule has 0 aromatic carbocycles. The topological polar surface area (TPSA) is 54.5 Å². The Labute approximate surface area is 125 Å². The van der Waals surface area contributed by atoms with Crippen LogP contribution in [-0.2, 0) is 16.1 Å². The third kappa shape index (κ3) is 3.80. The second-order valence-electron chi connectivity index (χ2n) is 6.16. The monoisotopic (exact) mass is 289 g/mol. The number of hydrogen-bond acceptors (Lipinski definition) is 4. The Morgan fingerprint density at radius 3 is 3.00 bits per heavy atom. The molecule has 0 radical (unpaired) electrons. The quantitative estimate of drug-likeness (QED) is 0.850. The molecule has 0 spiro atoms. The van der Waals surface area contributed by atoms with Gasteiger partial charge in [-0.2, -0.15) is 0 Å². The Morgan fingerprint density at radius 1 is 1.48 bits per heavy atom. The van der Waals surface area contributed by atoms with E-state index in [2.05, 4.69) is 21.3 Å². The molecule has 0 unspecified atom stereocenters. The first-order valence-corrected chi connectivity index (χ1v) is 7.67. The van der Waals surface area contributed by atoms with Crippen molar-refractivity contribution in [3.05, 3.63) is 30.1 Å². The van der Waals surface area contributed by atoms with Gasteiger partial charge in [0.05, 0.1) is 12.5 Å². The van der Waals surface area contributed by atoms with Gasteiger partial charge in [-0.05, 0) is 24.5 Å². The second kappa shape index (κ2) is 6.54. The minimum atomic E-state index is 0.0437. The lowest BCUT2D eigenvalue weighted by atomic mass is 9.96. The number of nitrogens with zero attached hydrogens (tertiary/aromatic N) is 2. The largest absolute Gasteiger partial charge is 0.384 e. The molecule has 1 amide bonds. The molecule has 2 fully saturated rings. The van der Waals surface area contributed by atoms with Gasteiger partial charge >= 0.3 is 0 Å². The zero-order valence-electron chi connectivity index (χ0n) is 12.5. The molecule has 1 aliphatic carbocycles. The van der Waals surface area contributed by atoms with Gasteiger partial charge in [-0.25, -0.2) is 0 Å². The summed E-state index contributed by atoms with van der Waals surface area (Å²) >= 11 is 0. The van der Waals surface area contributed by atoms with Crippen molar-refractivity contribution in [1.29, 1.82) is 0 Å². The fourth-order valence-corrected chi connectivity index (χ4v) is 3.06. The van der Waals surface area contributed by atoms with Crippen LogP contribution in [0.2, 0.25) is 0 Å². The van der Waals surface area contributed by atoms with Gasteiger partial charge in [-0.15, -0.1) is 0 Å². The molecule has 5 heteroatoms. The molecule has 114 valence electrons. The maximum Gasteiger partial charge on any atom is 0.225 e. The van der Waals surface area contributed by atoms with Crippen molar-refractivity contribution in [2.75, 3.05) is 26.8 Å². The van der Waals surface area contributed by atoms with E-state index in [1.54, 1.807) is 13.3 Å². The zero-order chi connectivity index (χ0) is 14.7. The summed E-state index contributed by atoms with van der Waals surface area (Å²) in [6, 6.07) is 4.46. The summed E-state index contributed by atoms with van der Waals surface area (Å²) in [4.78, 5) is 18.9. The van der Waals surface area contributed by atoms with E-state index >= 15 is 0 Å². The molecule has 2 atom stereocenters. The van der Waals surface area contributed by atoms with Crippen molar-refractivity contribution in [3.63, 3.8) is 0 Å². The predicted molar refractivity (Wildman–Crippen MR) is 79.5 cm³/mol. The standard InChI is InChI=1S/C16H23N3O2/c1-21-11-13-9-19(8-12-3-2-6-17-7-12)10-15(13)16(20)18-14-4-5-14/h2-3,6-7,13-15H,4-5,8-11H2,1H3,(H,18,20)/t13-,15+/m0/s1. The predicted octanol–water partition coefficient (Wildman–Crippen LogP) is 1.05. The van der Waals surface area contributed by atoms with Gasteiger partial charge in [0.2, 0.25) is 5.91 Å². The number of methoxy groups -OCH3 is 1. The Bertz CT molecular complexity index is 476. The first kappa shape index (κ1) is 14.5. The minimum absolute atomic E-state index is 0.0437. The van der Waals surface area contributed by atoms with Gasteiger partial charge in [0.25, 0.3) is 0 Å². The van der Waals surface area contributed by atoms with Gasteiger partial charge in [-0.1, -0.05) is 6.07 Å². The molecule has 3 rings (SSSR count). The maximum atomic E-state index is 12.4. The molecule has 1 saturated heterocycles. The fraction of sp³-hybridized carbons (Fsp3) is 0.625. The molecule has 21 heavy (non-hydrogen) atoms. The molecular formula is C16H23N3O2. The average molecular weight is 289 g/mol. The van der Waals surface area contributed by atoms with Crippen molar-refractivity contribution in [2.24, 2.45) is 11.8 Å². The Hall–Kier alpha value is -1.46. The van der Waals surface area contributed by atoms with Crippen molar-refractivity contribution in [2.45, 2.75) is 25.4 Å². The van der Waals surface area contributed by atoms with Gasteiger partial charge in [0, 0.05) is 51.1 Å². The van der Waals surface area contributed by atoms with Crippen molar-refractivity contribution < 1.29 is 9.53 Å². The highest BCUT2D eigenvalue weighted by Crippen LogP contribution is 2.27. The highest BCUT2D eigenvalue weighted by atomic mass is 16.5. The van der Waals surface area contributed by atoms with E-state index in [-0.39, 0.29) is 17.7 Å². The Morgan fingerprint density at radius 2 is 2.33 bits per heavy atom. The summed E-state index contributed by atoms with van der Waals surface area (Å²) in [5.41, 5.74) is 1.19. The number of carbonyl (C=O) groups excluding carboxylic acids is 1. The van der Waals surface area contributed by atoms with E-state index in [1.165, 1.54) is 5.56 Å². The van der Waals surface area contributed by atoms with Crippen LogP contribution < -0.4 is 5.32 Å². The van der Waals surface area contributed by atoms with E-state index in [4.69, 9.17) is 4.74 Å². The van der Waals surface area contributed by atoms with Gasteiger partial charge in [-0.3, -0.25) is 14.7 Å². The number of amides is 1. The maximum absolute atomic E-state index is 12.4. The summed E-state index contributed by atoms with van der Waals surface area (Å²) in [6.45, 7) is 3.21. The summed E-state index contributed by atoms with van der Waals surface area (Å²) in [5, 5.41) is 3.14. The molecule has 5 nitrogen and oxygen atoms in total. The van der Waals surface area contributed by atoms with Crippen LogP contribution in [0.25, 0.3) is 0 Å². The molecule has 2 heterocycles. The zero-order valence-corrected chi connectivity index (χ0v) is 12.5. The van der Waals surface area contributed by atoms with Crippen molar-refractivity contribution >= 4 is 5.91 Å². The Balaban J connectivity index is 1.61. The fourth-order valence-electron chi connectivity index (χ4n) is 3.06. The van der Waals surface area contributed by atoms with Crippen molar-refractivity contribution in [3.8, 4) is 0 Å². The molecule has 2 aliphatic rings. The van der Waals surface area contributed by atoms with Crippen LogP contribution >= 0.6 is 0 Å². The highest BCUT2D eigenvalue weighted by Gasteiger charge is 2.39. The molecule has 1 aromatic heterocycles. The molecule has 0 bridgehead atoms. The van der Waals surface area contributed by atoms with E-state index < -0.39 is 0 Å². The smallest absolute Gasteiger partial charge is 0.225 e. The van der Waals surface area contributed by atoms with Crippen LogP contribution in [0.5, 0.6) is 0 Å². The van der Waals surface area contributed by atoms with Crippen molar-refractivity contribution in [1.82, 2.24) is 15.2 Å². The number of hydrogen-bond donors (Lipinski definition) is 1. The molecule has 1 saturated carbocycles. The summed E-state index contributed by atoms with van der Waals surface area (Å²) in [6.07, 6.45) is 5.94. The lowest BCUT2D eigenvalue weighted by molar-refractivity contribution is -0.126. The van der Waals surface area contributed by atoms with Crippen LogP contribution in [0.1, 0.15) is 18.4 Å². The summed E-state index contributed by atoms with van der Waals surface area (Å²) < 4.78 is 5.31. The number of aromatic nitrogens is 1. The third-order valence-corrected chi connectivity index (χ3v) is 4.29. The van der Waals surface area contributed by atoms with E-state index in [1.807, 2.05) is 12.3 Å². The number of rotatable bonds is 6. The number of pyridine rings is 1.